The Bertz CT molecular complexity index is 529. The minimum absolute atomic E-state index is 0.0178. The van der Waals surface area contributed by atoms with Gasteiger partial charge in [-0.25, -0.2) is 0 Å². The van der Waals surface area contributed by atoms with Crippen LogP contribution in [0, 0.1) is 5.92 Å². The fourth-order valence-electron chi connectivity index (χ4n) is 2.47. The third-order valence-electron chi connectivity index (χ3n) is 3.76. The van der Waals surface area contributed by atoms with Crippen LogP contribution in [0.25, 0.3) is 0 Å². The van der Waals surface area contributed by atoms with E-state index < -0.39 is 0 Å². The number of amides is 1. The van der Waals surface area contributed by atoms with E-state index in [1.165, 1.54) is 0 Å². The van der Waals surface area contributed by atoms with Crippen molar-refractivity contribution in [3.63, 3.8) is 0 Å². The minimum atomic E-state index is -0.201. The number of carbonyl (C=O) groups excluding carboxylic acids is 2. The summed E-state index contributed by atoms with van der Waals surface area (Å²) < 4.78 is 5.07. The van der Waals surface area contributed by atoms with Crippen molar-refractivity contribution in [2.45, 2.75) is 33.6 Å². The zero-order valence-electron chi connectivity index (χ0n) is 14.4. The van der Waals surface area contributed by atoms with Gasteiger partial charge in [0.15, 0.2) is 0 Å². The summed E-state index contributed by atoms with van der Waals surface area (Å²) in [6.07, 6.45) is 10.8. The molecule has 0 aromatic heterocycles. The molecule has 0 spiro atoms. The molecule has 0 aromatic carbocycles. The second-order valence-electron chi connectivity index (χ2n) is 5.70. The van der Waals surface area contributed by atoms with Gasteiger partial charge in [0.2, 0.25) is 5.91 Å². The quantitative estimate of drug-likeness (QED) is 0.428. The second-order valence-corrected chi connectivity index (χ2v) is 5.70. The summed E-state index contributed by atoms with van der Waals surface area (Å²) in [5, 5.41) is 0. The number of hydrogen-bond donors (Lipinski definition) is 0. The first kappa shape index (κ1) is 18.9. The lowest BCUT2D eigenvalue weighted by Gasteiger charge is -2.31. The molecule has 1 unspecified atom stereocenters. The van der Waals surface area contributed by atoms with E-state index in [0.29, 0.717) is 25.3 Å². The molecular weight excluding hydrogens is 290 g/mol. The van der Waals surface area contributed by atoms with Crippen LogP contribution in [0.1, 0.15) is 33.6 Å². The van der Waals surface area contributed by atoms with Gasteiger partial charge in [0.1, 0.15) is 0 Å². The molecule has 0 aromatic rings. The largest absolute Gasteiger partial charge is 0.466 e. The highest BCUT2D eigenvalue weighted by molar-refractivity contribution is 5.93. The van der Waals surface area contributed by atoms with Gasteiger partial charge in [-0.3, -0.25) is 9.59 Å². The predicted molar refractivity (Wildman–Crippen MR) is 92.8 cm³/mol. The Balaban J connectivity index is 2.70. The number of carbonyl (C=O) groups is 2. The summed E-state index contributed by atoms with van der Waals surface area (Å²) in [7, 11) is 0. The average molecular weight is 317 g/mol. The second kappa shape index (κ2) is 9.82. The van der Waals surface area contributed by atoms with Gasteiger partial charge in [0.25, 0.3) is 0 Å². The van der Waals surface area contributed by atoms with Gasteiger partial charge >= 0.3 is 5.97 Å². The minimum Gasteiger partial charge on any atom is -0.466 e. The molecule has 1 fully saturated rings. The Kier molecular flexibility index (Phi) is 8.09. The zero-order valence-corrected chi connectivity index (χ0v) is 14.4. The van der Waals surface area contributed by atoms with Crippen molar-refractivity contribution in [2.24, 2.45) is 5.92 Å². The molecule has 1 aliphatic heterocycles. The number of piperidine rings is 1. The number of rotatable bonds is 6. The third-order valence-corrected chi connectivity index (χ3v) is 3.76. The van der Waals surface area contributed by atoms with Crippen LogP contribution in [0.4, 0.5) is 0 Å². The van der Waals surface area contributed by atoms with Gasteiger partial charge < -0.3 is 9.64 Å². The van der Waals surface area contributed by atoms with Gasteiger partial charge in [0.05, 0.1) is 12.5 Å². The van der Waals surface area contributed by atoms with Gasteiger partial charge in [-0.15, -0.1) is 0 Å². The Morgan fingerprint density at radius 1 is 1.30 bits per heavy atom. The Labute approximate surface area is 139 Å². The van der Waals surface area contributed by atoms with E-state index in [-0.39, 0.29) is 17.8 Å². The summed E-state index contributed by atoms with van der Waals surface area (Å²) in [5.74, 6) is -0.416. The molecule has 0 radical (unpaired) electrons. The predicted octanol–water partition coefficient (Wildman–Crippen LogP) is 3.42. The standard InChI is InChI=1S/C19H27NO3/c1-5-7-9-15(3)11-12-16(4)18(21)20-13-8-10-17(14-20)19(22)23-6-2/h5,7,9,11-12,17H,1,6,8,10,13-14H2,2-4H3/b9-7-,15-11+,16-12+. The van der Waals surface area contributed by atoms with Crippen molar-refractivity contribution < 1.29 is 14.3 Å². The summed E-state index contributed by atoms with van der Waals surface area (Å²) in [5.41, 5.74) is 1.71. The Hall–Kier alpha value is -2.10. The number of likely N-dealkylation sites (tertiary alicyclic amines) is 1. The molecular formula is C19H27NO3. The molecule has 1 aliphatic rings. The van der Waals surface area contributed by atoms with Crippen LogP contribution in [0.5, 0.6) is 0 Å². The molecule has 4 heteroatoms. The molecule has 1 rings (SSSR count). The van der Waals surface area contributed by atoms with Gasteiger partial charge in [-0.2, -0.15) is 0 Å². The van der Waals surface area contributed by atoms with Crippen molar-refractivity contribution in [1.82, 2.24) is 4.90 Å². The summed E-state index contributed by atoms with van der Waals surface area (Å²) in [4.78, 5) is 26.1. The lowest BCUT2D eigenvalue weighted by molar-refractivity contribution is -0.150. The normalized spacial score (nSPS) is 19.8. The third kappa shape index (κ3) is 6.27. The van der Waals surface area contributed by atoms with Crippen molar-refractivity contribution in [2.75, 3.05) is 19.7 Å². The van der Waals surface area contributed by atoms with Crippen molar-refractivity contribution >= 4 is 11.9 Å². The van der Waals surface area contributed by atoms with E-state index in [9.17, 15) is 9.59 Å². The fraction of sp³-hybridized carbons (Fsp3) is 0.474. The van der Waals surface area contributed by atoms with Crippen LogP contribution in [0.15, 0.2) is 48.1 Å². The fourth-order valence-corrected chi connectivity index (χ4v) is 2.47. The Morgan fingerprint density at radius 2 is 2.04 bits per heavy atom. The monoisotopic (exact) mass is 317 g/mol. The van der Waals surface area contributed by atoms with Crippen LogP contribution in [0.3, 0.4) is 0 Å². The topological polar surface area (TPSA) is 46.6 Å². The SMILES string of the molecule is C=C\C=C/C(C)=C/C=C(\C)C(=O)N1CCCC(C(=O)OCC)C1. The molecule has 1 saturated heterocycles. The number of esters is 1. The summed E-state index contributed by atoms with van der Waals surface area (Å²) >= 11 is 0. The summed E-state index contributed by atoms with van der Waals surface area (Å²) in [6, 6.07) is 0. The van der Waals surface area contributed by atoms with E-state index in [2.05, 4.69) is 6.58 Å². The number of hydrogen-bond acceptors (Lipinski definition) is 3. The molecule has 126 valence electrons. The maximum absolute atomic E-state index is 12.5. The highest BCUT2D eigenvalue weighted by Crippen LogP contribution is 2.19. The molecule has 0 bridgehead atoms. The first-order valence-corrected chi connectivity index (χ1v) is 8.09. The zero-order chi connectivity index (χ0) is 17.2. The van der Waals surface area contributed by atoms with Crippen LogP contribution >= 0.6 is 0 Å². The summed E-state index contributed by atoms with van der Waals surface area (Å²) in [6.45, 7) is 10.7. The number of ether oxygens (including phenoxy) is 1. The molecule has 0 saturated carbocycles. The average Bonchev–Trinajstić information content (AvgIpc) is 2.57. The van der Waals surface area contributed by atoms with Gasteiger partial charge in [-0.1, -0.05) is 42.5 Å². The van der Waals surface area contributed by atoms with Gasteiger partial charge in [-0.05, 0) is 33.6 Å². The molecule has 1 heterocycles. The van der Waals surface area contributed by atoms with E-state index >= 15 is 0 Å². The van der Waals surface area contributed by atoms with E-state index in [1.54, 1.807) is 24.8 Å². The highest BCUT2D eigenvalue weighted by Gasteiger charge is 2.29. The molecule has 0 aliphatic carbocycles. The molecule has 1 amide bonds. The molecule has 4 nitrogen and oxygen atoms in total. The lowest BCUT2D eigenvalue weighted by atomic mass is 9.97. The number of allylic oxidation sites excluding steroid dienone is 6. The Morgan fingerprint density at radius 3 is 2.70 bits per heavy atom. The molecule has 1 atom stereocenters. The first-order valence-electron chi connectivity index (χ1n) is 8.09. The first-order chi connectivity index (χ1) is 11.0. The van der Waals surface area contributed by atoms with Crippen LogP contribution in [-0.4, -0.2) is 36.5 Å². The molecule has 0 N–H and O–H groups in total. The van der Waals surface area contributed by atoms with E-state index in [4.69, 9.17) is 4.74 Å². The lowest BCUT2D eigenvalue weighted by Crippen LogP contribution is -2.43. The smallest absolute Gasteiger partial charge is 0.310 e. The van der Waals surface area contributed by atoms with Gasteiger partial charge in [0, 0.05) is 18.7 Å². The maximum Gasteiger partial charge on any atom is 0.310 e. The van der Waals surface area contributed by atoms with E-state index in [0.717, 1.165) is 18.4 Å². The van der Waals surface area contributed by atoms with Crippen molar-refractivity contribution in [3.8, 4) is 0 Å². The number of nitrogens with zero attached hydrogens (tertiary/aromatic N) is 1. The van der Waals surface area contributed by atoms with Crippen molar-refractivity contribution in [3.05, 3.63) is 48.1 Å². The maximum atomic E-state index is 12.5. The van der Waals surface area contributed by atoms with Crippen LogP contribution in [-0.2, 0) is 14.3 Å². The van der Waals surface area contributed by atoms with Crippen molar-refractivity contribution in [1.29, 1.82) is 0 Å². The van der Waals surface area contributed by atoms with Crippen LogP contribution < -0.4 is 0 Å². The van der Waals surface area contributed by atoms with E-state index in [1.807, 2.05) is 31.2 Å². The van der Waals surface area contributed by atoms with Crippen LogP contribution in [0.2, 0.25) is 0 Å². The molecule has 23 heavy (non-hydrogen) atoms. The highest BCUT2D eigenvalue weighted by atomic mass is 16.5.